The van der Waals surface area contributed by atoms with E-state index in [9.17, 15) is 8.42 Å². The van der Waals surface area contributed by atoms with Crippen LogP contribution in [-0.4, -0.2) is 13.4 Å². The van der Waals surface area contributed by atoms with E-state index >= 15 is 0 Å². The highest BCUT2D eigenvalue weighted by Gasteiger charge is 2.19. The molecule has 5 rings (SSSR count). The molecule has 0 spiro atoms. The van der Waals surface area contributed by atoms with Crippen LogP contribution in [0, 0.1) is 6.92 Å². The Morgan fingerprint density at radius 3 is 2.41 bits per heavy atom. The molecule has 1 N–H and O–H groups in total. The summed E-state index contributed by atoms with van der Waals surface area (Å²) in [4.78, 5) is 5.00. The summed E-state index contributed by atoms with van der Waals surface area (Å²) < 4.78 is 29.9. The zero-order chi connectivity index (χ0) is 22.1. The second-order valence-electron chi connectivity index (χ2n) is 8.53. The van der Waals surface area contributed by atoms with Gasteiger partial charge in [-0.2, -0.15) is 0 Å². The lowest BCUT2D eigenvalue weighted by Crippen LogP contribution is -2.14. The number of thiazole rings is 1. The Morgan fingerprint density at radius 2 is 1.69 bits per heavy atom. The Kier molecular flexibility index (Phi) is 5.74. The number of fused-ring (bicyclic) bond motifs is 1. The molecule has 32 heavy (non-hydrogen) atoms. The number of hydrogen-bond donors (Lipinski definition) is 1. The minimum absolute atomic E-state index is 0.298. The maximum absolute atomic E-state index is 13.0. The first kappa shape index (κ1) is 21.2. The molecule has 0 unspecified atom stereocenters. The molecule has 164 valence electrons. The number of aryl methyl sites for hydroxylation is 1. The predicted octanol–water partition coefficient (Wildman–Crippen LogP) is 7.12. The number of sulfonamides is 1. The van der Waals surface area contributed by atoms with Crippen LogP contribution in [0.5, 0.6) is 0 Å². The van der Waals surface area contributed by atoms with Crippen molar-refractivity contribution in [3.05, 3.63) is 77.9 Å². The van der Waals surface area contributed by atoms with Crippen LogP contribution < -0.4 is 4.72 Å². The van der Waals surface area contributed by atoms with Crippen molar-refractivity contribution in [3.63, 3.8) is 0 Å². The van der Waals surface area contributed by atoms with Gasteiger partial charge in [0.25, 0.3) is 10.0 Å². The van der Waals surface area contributed by atoms with Crippen LogP contribution in [0.4, 0.5) is 5.69 Å². The molecule has 6 heteroatoms. The van der Waals surface area contributed by atoms with E-state index in [4.69, 9.17) is 4.98 Å². The molecule has 0 bridgehead atoms. The zero-order valence-corrected chi connectivity index (χ0v) is 19.7. The third-order valence-electron chi connectivity index (χ3n) is 6.28. The van der Waals surface area contributed by atoms with Crippen LogP contribution in [-0.2, 0) is 10.0 Å². The Morgan fingerprint density at radius 1 is 0.938 bits per heavy atom. The number of para-hydroxylation sites is 1. The lowest BCUT2D eigenvalue weighted by molar-refractivity contribution is 0.443. The third kappa shape index (κ3) is 4.30. The van der Waals surface area contributed by atoms with Crippen LogP contribution in [0.3, 0.4) is 0 Å². The monoisotopic (exact) mass is 462 g/mol. The first-order chi connectivity index (χ1) is 15.5. The number of aromatic nitrogens is 1. The van der Waals surface area contributed by atoms with Gasteiger partial charge in [-0.1, -0.05) is 43.5 Å². The topological polar surface area (TPSA) is 59.1 Å². The fourth-order valence-electron chi connectivity index (χ4n) is 4.47. The number of nitrogens with zero attached hydrogens (tertiary/aromatic N) is 1. The van der Waals surface area contributed by atoms with E-state index in [0.29, 0.717) is 16.5 Å². The number of anilines is 1. The molecule has 1 aliphatic carbocycles. The van der Waals surface area contributed by atoms with Gasteiger partial charge >= 0.3 is 0 Å². The molecule has 0 saturated heterocycles. The van der Waals surface area contributed by atoms with Gasteiger partial charge in [0.05, 0.1) is 20.8 Å². The Labute approximate surface area is 193 Å². The van der Waals surface area contributed by atoms with Crippen molar-refractivity contribution in [1.29, 1.82) is 0 Å². The van der Waals surface area contributed by atoms with Gasteiger partial charge < -0.3 is 0 Å². The van der Waals surface area contributed by atoms with Crippen molar-refractivity contribution < 1.29 is 8.42 Å². The van der Waals surface area contributed by atoms with Gasteiger partial charge in [0, 0.05) is 5.56 Å². The number of rotatable bonds is 5. The first-order valence-corrected chi connectivity index (χ1v) is 13.4. The molecule has 1 aromatic heterocycles. The van der Waals surface area contributed by atoms with Gasteiger partial charge in [0.2, 0.25) is 0 Å². The fourth-order valence-corrected chi connectivity index (χ4v) is 6.56. The maximum Gasteiger partial charge on any atom is 0.261 e. The molecule has 0 aliphatic heterocycles. The summed E-state index contributed by atoms with van der Waals surface area (Å²) in [6.45, 7) is 1.92. The highest BCUT2D eigenvalue weighted by Crippen LogP contribution is 2.34. The van der Waals surface area contributed by atoms with Crippen LogP contribution >= 0.6 is 11.3 Å². The Hall–Kier alpha value is -2.70. The zero-order valence-electron chi connectivity index (χ0n) is 18.0. The second-order valence-corrected chi connectivity index (χ2v) is 11.2. The quantitative estimate of drug-likeness (QED) is 0.343. The molecule has 0 amide bonds. The maximum atomic E-state index is 13.0. The van der Waals surface area contributed by atoms with E-state index in [1.54, 1.807) is 23.5 Å². The molecule has 4 nitrogen and oxygen atoms in total. The van der Waals surface area contributed by atoms with E-state index in [1.165, 1.54) is 37.7 Å². The summed E-state index contributed by atoms with van der Waals surface area (Å²) in [7, 11) is -3.64. The minimum Gasteiger partial charge on any atom is -0.279 e. The first-order valence-electron chi connectivity index (χ1n) is 11.1. The largest absolute Gasteiger partial charge is 0.279 e. The van der Waals surface area contributed by atoms with Crippen LogP contribution in [0.25, 0.3) is 20.8 Å². The van der Waals surface area contributed by atoms with E-state index in [1.807, 2.05) is 55.5 Å². The highest BCUT2D eigenvalue weighted by atomic mass is 32.2. The second kappa shape index (κ2) is 8.68. The average molecular weight is 463 g/mol. The van der Waals surface area contributed by atoms with Gasteiger partial charge in [-0.3, -0.25) is 4.72 Å². The normalized spacial score (nSPS) is 15.2. The third-order valence-corrected chi connectivity index (χ3v) is 8.75. The Bertz CT molecular complexity index is 1320. The summed E-state index contributed by atoms with van der Waals surface area (Å²) in [5, 5.41) is 0.932. The van der Waals surface area contributed by atoms with E-state index < -0.39 is 10.0 Å². The van der Waals surface area contributed by atoms with Crippen molar-refractivity contribution in [2.75, 3.05) is 4.72 Å². The summed E-state index contributed by atoms with van der Waals surface area (Å²) in [5.74, 6) is 0.561. The number of nitrogens with one attached hydrogen (secondary N) is 1. The molecule has 1 fully saturated rings. The molecular weight excluding hydrogens is 436 g/mol. The van der Waals surface area contributed by atoms with E-state index in [0.717, 1.165) is 26.4 Å². The highest BCUT2D eigenvalue weighted by molar-refractivity contribution is 7.92. The van der Waals surface area contributed by atoms with Crippen molar-refractivity contribution >= 4 is 37.3 Å². The number of benzene rings is 3. The summed E-state index contributed by atoms with van der Waals surface area (Å²) in [6, 6.07) is 21.2. The summed E-state index contributed by atoms with van der Waals surface area (Å²) in [5.41, 5.74) is 4.67. The molecular formula is C26H26N2O2S2. The number of hydrogen-bond acceptors (Lipinski definition) is 4. The van der Waals surface area contributed by atoms with Crippen molar-refractivity contribution in [1.82, 2.24) is 4.98 Å². The van der Waals surface area contributed by atoms with Crippen LogP contribution in [0.2, 0.25) is 0 Å². The average Bonchev–Trinajstić information content (AvgIpc) is 3.25. The standard InChI is InChI=1S/C26H26N2O2S2/c1-18-17-21(26-27-24-9-5-6-10-25(24)31-26)13-16-23(18)28-32(29,30)22-14-11-20(12-15-22)19-7-3-2-4-8-19/h5-6,9-17,19,28H,2-4,7-8H2,1H3. The lowest BCUT2D eigenvalue weighted by Gasteiger charge is -2.22. The van der Waals surface area contributed by atoms with E-state index in [-0.39, 0.29) is 0 Å². The van der Waals surface area contributed by atoms with Crippen molar-refractivity contribution in [2.45, 2.75) is 49.8 Å². The molecule has 4 aromatic rings. The molecule has 0 radical (unpaired) electrons. The van der Waals surface area contributed by atoms with E-state index in [2.05, 4.69) is 10.8 Å². The fraction of sp³-hybridized carbons (Fsp3) is 0.269. The van der Waals surface area contributed by atoms with Crippen LogP contribution in [0.15, 0.2) is 71.6 Å². The summed E-state index contributed by atoms with van der Waals surface area (Å²) in [6.07, 6.45) is 6.23. The van der Waals surface area contributed by atoms with Crippen molar-refractivity contribution in [2.24, 2.45) is 0 Å². The van der Waals surface area contributed by atoms with Gasteiger partial charge in [-0.25, -0.2) is 13.4 Å². The van der Waals surface area contributed by atoms with Gasteiger partial charge in [-0.15, -0.1) is 11.3 Å². The van der Waals surface area contributed by atoms with Crippen molar-refractivity contribution in [3.8, 4) is 10.6 Å². The van der Waals surface area contributed by atoms with Gasteiger partial charge in [0.1, 0.15) is 5.01 Å². The smallest absolute Gasteiger partial charge is 0.261 e. The predicted molar refractivity (Wildman–Crippen MR) is 133 cm³/mol. The minimum atomic E-state index is -3.64. The summed E-state index contributed by atoms with van der Waals surface area (Å²) >= 11 is 1.64. The van der Waals surface area contributed by atoms with Crippen LogP contribution in [0.1, 0.15) is 49.1 Å². The van der Waals surface area contributed by atoms with Gasteiger partial charge in [0.15, 0.2) is 0 Å². The van der Waals surface area contributed by atoms with Gasteiger partial charge in [-0.05, 0) is 79.3 Å². The molecule has 1 aliphatic rings. The lowest BCUT2D eigenvalue weighted by atomic mass is 9.84. The molecule has 3 aromatic carbocycles. The molecule has 1 heterocycles. The molecule has 0 atom stereocenters. The Balaban J connectivity index is 1.35. The SMILES string of the molecule is Cc1cc(-c2nc3ccccc3s2)ccc1NS(=O)(=O)c1ccc(C2CCCCC2)cc1. The molecule has 1 saturated carbocycles.